The van der Waals surface area contributed by atoms with Crippen LogP contribution in [0.2, 0.25) is 0 Å². The molecule has 1 aliphatic heterocycles. The van der Waals surface area contributed by atoms with Gasteiger partial charge in [0.15, 0.2) is 0 Å². The van der Waals surface area contributed by atoms with E-state index in [0.29, 0.717) is 12.6 Å². The van der Waals surface area contributed by atoms with Crippen LogP contribution >= 0.6 is 0 Å². The van der Waals surface area contributed by atoms with Crippen molar-refractivity contribution >= 4 is 0 Å². The van der Waals surface area contributed by atoms with Crippen molar-refractivity contribution in [2.45, 2.75) is 39.7 Å². The normalized spacial score (nSPS) is 21.9. The standard InChI is InChI=1S/C11H23NO/c1-4-11(5-6-13)12-7-10(8-12)9(2)3/h9-11,13H,4-8H2,1-3H3. The Balaban J connectivity index is 2.23. The molecule has 1 heterocycles. The summed E-state index contributed by atoms with van der Waals surface area (Å²) in [5, 5.41) is 8.88. The predicted molar refractivity (Wildman–Crippen MR) is 55.7 cm³/mol. The van der Waals surface area contributed by atoms with Crippen molar-refractivity contribution in [2.24, 2.45) is 11.8 Å². The first kappa shape index (κ1) is 11.0. The van der Waals surface area contributed by atoms with Crippen LogP contribution in [0, 0.1) is 11.8 Å². The van der Waals surface area contributed by atoms with Gasteiger partial charge in [-0.3, -0.25) is 4.90 Å². The third kappa shape index (κ3) is 2.68. The van der Waals surface area contributed by atoms with E-state index < -0.39 is 0 Å². The molecular formula is C11H23NO. The van der Waals surface area contributed by atoms with Gasteiger partial charge in [-0.1, -0.05) is 20.8 Å². The molecule has 0 aliphatic carbocycles. The Hall–Kier alpha value is -0.0800. The van der Waals surface area contributed by atoms with Gasteiger partial charge in [0, 0.05) is 25.7 Å². The van der Waals surface area contributed by atoms with Crippen molar-refractivity contribution in [1.82, 2.24) is 4.90 Å². The maximum absolute atomic E-state index is 8.88. The summed E-state index contributed by atoms with van der Waals surface area (Å²) in [6, 6.07) is 0.625. The summed E-state index contributed by atoms with van der Waals surface area (Å²) in [6.45, 7) is 9.64. The fourth-order valence-electron chi connectivity index (χ4n) is 2.06. The number of likely N-dealkylation sites (tertiary alicyclic amines) is 1. The smallest absolute Gasteiger partial charge is 0.0445 e. The van der Waals surface area contributed by atoms with E-state index in [9.17, 15) is 0 Å². The van der Waals surface area contributed by atoms with Gasteiger partial charge in [0.05, 0.1) is 0 Å². The highest BCUT2D eigenvalue weighted by atomic mass is 16.3. The summed E-state index contributed by atoms with van der Waals surface area (Å²) in [6.07, 6.45) is 2.12. The van der Waals surface area contributed by atoms with Crippen molar-refractivity contribution in [1.29, 1.82) is 0 Å². The minimum absolute atomic E-state index is 0.335. The zero-order chi connectivity index (χ0) is 9.84. The van der Waals surface area contributed by atoms with E-state index in [1.54, 1.807) is 0 Å². The second-order valence-electron chi connectivity index (χ2n) is 4.53. The lowest BCUT2D eigenvalue weighted by Crippen LogP contribution is -2.53. The number of hydrogen-bond donors (Lipinski definition) is 1. The molecule has 1 saturated heterocycles. The minimum Gasteiger partial charge on any atom is -0.396 e. The Bertz CT molecular complexity index is 141. The largest absolute Gasteiger partial charge is 0.396 e. The highest BCUT2D eigenvalue weighted by molar-refractivity contribution is 4.86. The number of aliphatic hydroxyl groups is 1. The second kappa shape index (κ2) is 4.97. The van der Waals surface area contributed by atoms with Crippen LogP contribution in [-0.2, 0) is 0 Å². The van der Waals surface area contributed by atoms with Crippen LogP contribution in [0.4, 0.5) is 0 Å². The van der Waals surface area contributed by atoms with E-state index >= 15 is 0 Å². The van der Waals surface area contributed by atoms with Crippen molar-refractivity contribution < 1.29 is 5.11 Å². The van der Waals surface area contributed by atoms with Gasteiger partial charge in [-0.25, -0.2) is 0 Å². The van der Waals surface area contributed by atoms with Crippen molar-refractivity contribution in [2.75, 3.05) is 19.7 Å². The van der Waals surface area contributed by atoms with Crippen molar-refractivity contribution in [3.63, 3.8) is 0 Å². The molecule has 0 bridgehead atoms. The monoisotopic (exact) mass is 185 g/mol. The van der Waals surface area contributed by atoms with Gasteiger partial charge >= 0.3 is 0 Å². The Morgan fingerprint density at radius 2 is 2.00 bits per heavy atom. The van der Waals surface area contributed by atoms with Crippen LogP contribution in [0.3, 0.4) is 0 Å². The van der Waals surface area contributed by atoms with Gasteiger partial charge in [0.1, 0.15) is 0 Å². The van der Waals surface area contributed by atoms with E-state index in [2.05, 4.69) is 25.7 Å². The minimum atomic E-state index is 0.335. The van der Waals surface area contributed by atoms with E-state index in [4.69, 9.17) is 5.11 Å². The first-order valence-corrected chi connectivity index (χ1v) is 5.54. The lowest BCUT2D eigenvalue weighted by molar-refractivity contribution is 0.0168. The molecule has 1 N–H and O–H groups in total. The van der Waals surface area contributed by atoms with E-state index in [-0.39, 0.29) is 0 Å². The molecule has 1 unspecified atom stereocenters. The number of hydrogen-bond acceptors (Lipinski definition) is 2. The molecule has 13 heavy (non-hydrogen) atoms. The molecule has 1 fully saturated rings. The Morgan fingerprint density at radius 1 is 1.38 bits per heavy atom. The third-order valence-electron chi connectivity index (χ3n) is 3.33. The molecular weight excluding hydrogens is 162 g/mol. The lowest BCUT2D eigenvalue weighted by atomic mass is 9.86. The summed E-state index contributed by atoms with van der Waals surface area (Å²) >= 11 is 0. The molecule has 1 atom stereocenters. The zero-order valence-corrected chi connectivity index (χ0v) is 9.16. The molecule has 0 radical (unpaired) electrons. The van der Waals surface area contributed by atoms with E-state index in [1.165, 1.54) is 19.5 Å². The van der Waals surface area contributed by atoms with Crippen LogP contribution in [-0.4, -0.2) is 35.7 Å². The van der Waals surface area contributed by atoms with Gasteiger partial charge in [0.2, 0.25) is 0 Å². The van der Waals surface area contributed by atoms with Crippen LogP contribution in [0.25, 0.3) is 0 Å². The molecule has 1 aliphatic rings. The second-order valence-corrected chi connectivity index (χ2v) is 4.53. The molecule has 0 saturated carbocycles. The van der Waals surface area contributed by atoms with Crippen LogP contribution < -0.4 is 0 Å². The van der Waals surface area contributed by atoms with Crippen LogP contribution in [0.1, 0.15) is 33.6 Å². The Kier molecular flexibility index (Phi) is 4.20. The molecule has 0 aromatic carbocycles. The predicted octanol–water partition coefficient (Wildman–Crippen LogP) is 1.74. The molecule has 0 spiro atoms. The van der Waals surface area contributed by atoms with Crippen molar-refractivity contribution in [3.8, 4) is 0 Å². The Morgan fingerprint density at radius 3 is 2.38 bits per heavy atom. The number of aliphatic hydroxyl groups excluding tert-OH is 1. The summed E-state index contributed by atoms with van der Waals surface area (Å²) in [5.41, 5.74) is 0. The van der Waals surface area contributed by atoms with Crippen LogP contribution in [0.15, 0.2) is 0 Å². The van der Waals surface area contributed by atoms with E-state index in [0.717, 1.165) is 18.3 Å². The van der Waals surface area contributed by atoms with Gasteiger partial charge in [0.25, 0.3) is 0 Å². The molecule has 2 heteroatoms. The fraction of sp³-hybridized carbons (Fsp3) is 1.00. The van der Waals surface area contributed by atoms with Gasteiger partial charge in [-0.2, -0.15) is 0 Å². The molecule has 0 aromatic rings. The van der Waals surface area contributed by atoms with Gasteiger partial charge in [-0.15, -0.1) is 0 Å². The average Bonchev–Trinajstić information content (AvgIpc) is 1.99. The quantitative estimate of drug-likeness (QED) is 0.705. The van der Waals surface area contributed by atoms with Gasteiger partial charge < -0.3 is 5.11 Å². The van der Waals surface area contributed by atoms with Crippen LogP contribution in [0.5, 0.6) is 0 Å². The maximum Gasteiger partial charge on any atom is 0.0445 e. The average molecular weight is 185 g/mol. The first-order chi connectivity index (χ1) is 6.19. The number of rotatable bonds is 5. The fourth-order valence-corrected chi connectivity index (χ4v) is 2.06. The highest BCUT2D eigenvalue weighted by Gasteiger charge is 2.32. The molecule has 0 aromatic heterocycles. The van der Waals surface area contributed by atoms with E-state index in [1.807, 2.05) is 0 Å². The third-order valence-corrected chi connectivity index (χ3v) is 3.33. The Labute approximate surface area is 81.9 Å². The topological polar surface area (TPSA) is 23.5 Å². The number of nitrogens with zero attached hydrogens (tertiary/aromatic N) is 1. The van der Waals surface area contributed by atoms with Crippen molar-refractivity contribution in [3.05, 3.63) is 0 Å². The lowest BCUT2D eigenvalue weighted by Gasteiger charge is -2.46. The highest BCUT2D eigenvalue weighted by Crippen LogP contribution is 2.27. The molecule has 0 amide bonds. The first-order valence-electron chi connectivity index (χ1n) is 5.54. The summed E-state index contributed by atoms with van der Waals surface area (Å²) in [7, 11) is 0. The molecule has 1 rings (SSSR count). The summed E-state index contributed by atoms with van der Waals surface area (Å²) in [4.78, 5) is 2.51. The molecule has 2 nitrogen and oxygen atoms in total. The SMILES string of the molecule is CCC(CCO)N1CC(C(C)C)C1. The maximum atomic E-state index is 8.88. The summed E-state index contributed by atoms with van der Waals surface area (Å²) in [5.74, 6) is 1.72. The summed E-state index contributed by atoms with van der Waals surface area (Å²) < 4.78 is 0. The molecule has 78 valence electrons. The van der Waals surface area contributed by atoms with Gasteiger partial charge in [-0.05, 0) is 24.7 Å². The zero-order valence-electron chi connectivity index (χ0n) is 9.16.